The Balaban J connectivity index is 0.00000220. The molecule has 1 atom stereocenters. The van der Waals surface area contributed by atoms with Gasteiger partial charge in [-0.05, 0) is 6.92 Å². The summed E-state index contributed by atoms with van der Waals surface area (Å²) in [7, 11) is 0. The molecule has 0 spiro atoms. The molecule has 6 nitrogen and oxygen atoms in total. The molecule has 8 heteroatoms. The van der Waals surface area contributed by atoms with Crippen molar-refractivity contribution in [3.8, 4) is 0 Å². The third kappa shape index (κ3) is 5.65. The molecule has 1 N–H and O–H groups in total. The SMILES string of the molecule is C[C@@H]1CNCCN1C(=O)CSCC(=O)N1CCOCC1.Cl. The van der Waals surface area contributed by atoms with E-state index in [2.05, 4.69) is 5.32 Å². The highest BCUT2D eigenvalue weighted by atomic mass is 35.5. The number of nitrogens with zero attached hydrogens (tertiary/aromatic N) is 2. The standard InChI is InChI=1S/C13H23N3O3S.ClH/c1-11-8-14-2-3-16(11)13(18)10-20-9-12(17)15-4-6-19-7-5-15;/h11,14H,2-10H2,1H3;1H/t11-;/m1./s1. The van der Waals surface area contributed by atoms with E-state index in [9.17, 15) is 9.59 Å². The second-order valence-electron chi connectivity index (χ2n) is 5.13. The van der Waals surface area contributed by atoms with E-state index in [0.717, 1.165) is 19.6 Å². The predicted octanol–water partition coefficient (Wildman–Crippen LogP) is -0.179. The molecule has 0 aromatic rings. The number of amides is 2. The van der Waals surface area contributed by atoms with Crippen LogP contribution in [0, 0.1) is 0 Å². The molecule has 0 radical (unpaired) electrons. The summed E-state index contributed by atoms with van der Waals surface area (Å²) in [6.45, 7) is 7.09. The van der Waals surface area contributed by atoms with Crippen molar-refractivity contribution in [2.24, 2.45) is 0 Å². The maximum atomic E-state index is 12.1. The van der Waals surface area contributed by atoms with Gasteiger partial charge < -0.3 is 19.9 Å². The van der Waals surface area contributed by atoms with Crippen molar-refractivity contribution in [1.82, 2.24) is 15.1 Å². The number of ether oxygens (including phenoxy) is 1. The monoisotopic (exact) mass is 337 g/mol. The molecule has 0 aromatic heterocycles. The van der Waals surface area contributed by atoms with Crippen LogP contribution in [0.5, 0.6) is 0 Å². The minimum absolute atomic E-state index is 0. The van der Waals surface area contributed by atoms with Crippen molar-refractivity contribution in [3.05, 3.63) is 0 Å². The van der Waals surface area contributed by atoms with Crippen molar-refractivity contribution in [1.29, 1.82) is 0 Å². The average molecular weight is 338 g/mol. The number of nitrogens with one attached hydrogen (secondary N) is 1. The van der Waals surface area contributed by atoms with E-state index in [0.29, 0.717) is 37.8 Å². The van der Waals surface area contributed by atoms with Gasteiger partial charge in [0.2, 0.25) is 11.8 Å². The second-order valence-corrected chi connectivity index (χ2v) is 6.11. The Morgan fingerprint density at radius 2 is 1.86 bits per heavy atom. The summed E-state index contributed by atoms with van der Waals surface area (Å²) < 4.78 is 5.22. The molecule has 2 heterocycles. The molecule has 0 saturated carbocycles. The Bertz CT molecular complexity index is 354. The van der Waals surface area contributed by atoms with Crippen LogP contribution in [0.4, 0.5) is 0 Å². The van der Waals surface area contributed by atoms with E-state index < -0.39 is 0 Å². The summed E-state index contributed by atoms with van der Waals surface area (Å²) >= 11 is 1.42. The van der Waals surface area contributed by atoms with E-state index in [1.807, 2.05) is 16.7 Å². The van der Waals surface area contributed by atoms with Crippen molar-refractivity contribution < 1.29 is 14.3 Å². The van der Waals surface area contributed by atoms with Crippen LogP contribution in [0.15, 0.2) is 0 Å². The highest BCUT2D eigenvalue weighted by molar-refractivity contribution is 8.00. The zero-order valence-corrected chi connectivity index (χ0v) is 14.0. The minimum Gasteiger partial charge on any atom is -0.378 e. The number of hydrogen-bond donors (Lipinski definition) is 1. The van der Waals surface area contributed by atoms with Crippen LogP contribution in [0.3, 0.4) is 0 Å². The zero-order chi connectivity index (χ0) is 14.4. The third-order valence-corrected chi connectivity index (χ3v) is 4.54. The van der Waals surface area contributed by atoms with Crippen LogP contribution in [-0.2, 0) is 14.3 Å². The normalized spacial score (nSPS) is 22.6. The molecule has 21 heavy (non-hydrogen) atoms. The lowest BCUT2D eigenvalue weighted by atomic mass is 10.2. The third-order valence-electron chi connectivity index (χ3n) is 3.64. The largest absolute Gasteiger partial charge is 0.378 e. The molecule has 122 valence electrons. The van der Waals surface area contributed by atoms with Crippen molar-refractivity contribution in [2.75, 3.05) is 57.4 Å². The van der Waals surface area contributed by atoms with Crippen LogP contribution in [-0.4, -0.2) is 85.1 Å². The molecule has 0 bridgehead atoms. The molecular formula is C13H24ClN3O3S. The Morgan fingerprint density at radius 1 is 1.19 bits per heavy atom. The van der Waals surface area contributed by atoms with Gasteiger partial charge in [0.05, 0.1) is 24.7 Å². The number of piperazine rings is 1. The smallest absolute Gasteiger partial charge is 0.232 e. The van der Waals surface area contributed by atoms with Crippen LogP contribution >= 0.6 is 24.2 Å². The summed E-state index contributed by atoms with van der Waals surface area (Å²) in [6.07, 6.45) is 0. The summed E-state index contributed by atoms with van der Waals surface area (Å²) in [6, 6.07) is 0.242. The lowest BCUT2D eigenvalue weighted by Gasteiger charge is -2.34. The Hall–Kier alpha value is -0.500. The minimum atomic E-state index is 0. The molecule has 2 aliphatic rings. The van der Waals surface area contributed by atoms with Crippen LogP contribution in [0.25, 0.3) is 0 Å². The summed E-state index contributed by atoms with van der Waals surface area (Å²) in [5.41, 5.74) is 0. The van der Waals surface area contributed by atoms with Gasteiger partial charge in [0.25, 0.3) is 0 Å². The number of rotatable bonds is 4. The fourth-order valence-corrected chi connectivity index (χ4v) is 3.22. The molecule has 0 aliphatic carbocycles. The van der Waals surface area contributed by atoms with Crippen LogP contribution in [0.2, 0.25) is 0 Å². The molecule has 0 aromatic carbocycles. The summed E-state index contributed by atoms with van der Waals surface area (Å²) in [4.78, 5) is 27.8. The van der Waals surface area contributed by atoms with Crippen molar-refractivity contribution in [2.45, 2.75) is 13.0 Å². The van der Waals surface area contributed by atoms with E-state index in [1.165, 1.54) is 11.8 Å². The Labute approximate surface area is 136 Å². The molecule has 2 saturated heterocycles. The van der Waals surface area contributed by atoms with Gasteiger partial charge in [-0.15, -0.1) is 24.2 Å². The lowest BCUT2D eigenvalue weighted by molar-refractivity contribution is -0.132. The zero-order valence-electron chi connectivity index (χ0n) is 12.4. The first-order valence-electron chi connectivity index (χ1n) is 7.12. The maximum Gasteiger partial charge on any atom is 0.232 e. The first-order chi connectivity index (χ1) is 9.68. The van der Waals surface area contributed by atoms with Gasteiger partial charge in [0.1, 0.15) is 0 Å². The maximum absolute atomic E-state index is 12.1. The molecular weight excluding hydrogens is 314 g/mol. The fourth-order valence-electron chi connectivity index (χ4n) is 2.42. The molecule has 2 fully saturated rings. The van der Waals surface area contributed by atoms with Gasteiger partial charge in [-0.25, -0.2) is 0 Å². The van der Waals surface area contributed by atoms with Crippen molar-refractivity contribution in [3.63, 3.8) is 0 Å². The first kappa shape index (κ1) is 18.5. The molecule has 2 rings (SSSR count). The molecule has 2 amide bonds. The van der Waals surface area contributed by atoms with E-state index in [1.54, 1.807) is 0 Å². The van der Waals surface area contributed by atoms with Gasteiger partial charge in [0.15, 0.2) is 0 Å². The second kappa shape index (κ2) is 9.50. The van der Waals surface area contributed by atoms with Gasteiger partial charge in [0, 0.05) is 38.8 Å². The van der Waals surface area contributed by atoms with Gasteiger partial charge >= 0.3 is 0 Å². The number of halogens is 1. The summed E-state index contributed by atoms with van der Waals surface area (Å²) in [5, 5.41) is 3.26. The van der Waals surface area contributed by atoms with Crippen LogP contribution in [0.1, 0.15) is 6.92 Å². The van der Waals surface area contributed by atoms with Crippen molar-refractivity contribution >= 4 is 36.0 Å². The summed E-state index contributed by atoms with van der Waals surface area (Å²) in [5.74, 6) is 1.02. The van der Waals surface area contributed by atoms with E-state index >= 15 is 0 Å². The predicted molar refractivity (Wildman–Crippen MR) is 86.0 cm³/mol. The number of carbonyl (C=O) groups excluding carboxylic acids is 2. The topological polar surface area (TPSA) is 61.9 Å². The average Bonchev–Trinajstić information content (AvgIpc) is 2.48. The molecule has 0 unspecified atom stereocenters. The Kier molecular flexibility index (Phi) is 8.39. The van der Waals surface area contributed by atoms with Crippen LogP contribution < -0.4 is 5.32 Å². The number of thioether (sulfide) groups is 1. The fraction of sp³-hybridized carbons (Fsp3) is 0.846. The quantitative estimate of drug-likeness (QED) is 0.771. The van der Waals surface area contributed by atoms with Gasteiger partial charge in [-0.3, -0.25) is 9.59 Å². The number of hydrogen-bond acceptors (Lipinski definition) is 5. The van der Waals surface area contributed by atoms with E-state index in [-0.39, 0.29) is 30.3 Å². The number of morpholine rings is 1. The highest BCUT2D eigenvalue weighted by Gasteiger charge is 2.23. The van der Waals surface area contributed by atoms with Gasteiger partial charge in [-0.2, -0.15) is 0 Å². The Morgan fingerprint density at radius 3 is 2.52 bits per heavy atom. The highest BCUT2D eigenvalue weighted by Crippen LogP contribution is 2.09. The first-order valence-corrected chi connectivity index (χ1v) is 8.27. The molecule has 2 aliphatic heterocycles. The van der Waals surface area contributed by atoms with Gasteiger partial charge in [-0.1, -0.05) is 0 Å². The van der Waals surface area contributed by atoms with E-state index in [4.69, 9.17) is 4.74 Å². The number of carbonyl (C=O) groups is 2. The lowest BCUT2D eigenvalue weighted by Crippen LogP contribution is -2.52.